The van der Waals surface area contributed by atoms with E-state index in [9.17, 15) is 0 Å². The Morgan fingerprint density at radius 1 is 1.15 bits per heavy atom. The van der Waals surface area contributed by atoms with Gasteiger partial charge in [-0.25, -0.2) is 4.98 Å². The second-order valence-corrected chi connectivity index (χ2v) is 6.46. The minimum absolute atomic E-state index is 0.116. The predicted molar refractivity (Wildman–Crippen MR) is 87.3 cm³/mol. The molecule has 3 rings (SSSR count). The number of nitrogens with zero attached hydrogens (tertiary/aromatic N) is 1. The molecule has 0 spiro atoms. The number of nitrogens with two attached hydrogens (primary N) is 1. The molecule has 1 aromatic carbocycles. The molecule has 0 radical (unpaired) electrons. The smallest absolute Gasteiger partial charge is 0.123 e. The number of benzene rings is 1. The van der Waals surface area contributed by atoms with Crippen molar-refractivity contribution in [1.82, 2.24) is 4.98 Å². The highest BCUT2D eigenvalue weighted by atomic mass is 32.1. The van der Waals surface area contributed by atoms with Crippen LogP contribution in [0.2, 0.25) is 0 Å². The molecular weight excluding hydrogens is 284 g/mol. The zero-order chi connectivity index (χ0) is 13.9. The number of hydrogen-bond donors (Lipinski definition) is 1. The van der Waals surface area contributed by atoms with E-state index in [1.54, 1.807) is 22.7 Å². The molecule has 0 aliphatic carbocycles. The van der Waals surface area contributed by atoms with Gasteiger partial charge in [-0.3, -0.25) is 0 Å². The average molecular weight is 300 g/mol. The van der Waals surface area contributed by atoms with Crippen molar-refractivity contribution in [1.29, 1.82) is 0 Å². The van der Waals surface area contributed by atoms with Crippen LogP contribution in [0.5, 0.6) is 0 Å². The fourth-order valence-electron chi connectivity index (χ4n) is 2.06. The van der Waals surface area contributed by atoms with Crippen LogP contribution in [0.4, 0.5) is 0 Å². The lowest BCUT2D eigenvalue weighted by Crippen LogP contribution is -2.10. The molecule has 1 unspecified atom stereocenters. The maximum atomic E-state index is 6.25. The van der Waals surface area contributed by atoms with E-state index in [2.05, 4.69) is 42.6 Å². The van der Waals surface area contributed by atoms with Gasteiger partial charge in [0.15, 0.2) is 0 Å². The van der Waals surface area contributed by atoms with Gasteiger partial charge in [0.05, 0.1) is 11.7 Å². The zero-order valence-corrected chi connectivity index (χ0v) is 12.9. The Labute approximate surface area is 126 Å². The molecular formula is C16H16N2S2. The van der Waals surface area contributed by atoms with E-state index >= 15 is 0 Å². The SMILES string of the molecule is CCc1ccc(-c2nc(C(N)c3cccs3)cs2)cc1. The first-order valence-electron chi connectivity index (χ1n) is 6.61. The van der Waals surface area contributed by atoms with Crippen LogP contribution in [-0.2, 0) is 6.42 Å². The van der Waals surface area contributed by atoms with Crippen LogP contribution in [0.1, 0.15) is 29.1 Å². The third-order valence-corrected chi connectivity index (χ3v) is 5.16. The van der Waals surface area contributed by atoms with Crippen molar-refractivity contribution in [2.75, 3.05) is 0 Å². The molecule has 4 heteroatoms. The summed E-state index contributed by atoms with van der Waals surface area (Å²) in [6.45, 7) is 2.16. The average Bonchev–Trinajstić information content (AvgIpc) is 3.18. The zero-order valence-electron chi connectivity index (χ0n) is 11.2. The Bertz CT molecular complexity index is 669. The lowest BCUT2D eigenvalue weighted by atomic mass is 10.1. The first-order chi connectivity index (χ1) is 9.78. The summed E-state index contributed by atoms with van der Waals surface area (Å²) in [5, 5.41) is 5.15. The van der Waals surface area contributed by atoms with Crippen molar-refractivity contribution >= 4 is 22.7 Å². The molecule has 0 saturated carbocycles. The molecule has 2 N–H and O–H groups in total. The van der Waals surface area contributed by atoms with Crippen molar-refractivity contribution in [2.45, 2.75) is 19.4 Å². The Balaban J connectivity index is 1.86. The van der Waals surface area contributed by atoms with Gasteiger partial charge in [0.1, 0.15) is 5.01 Å². The molecule has 2 aromatic heterocycles. The molecule has 2 heterocycles. The first kappa shape index (κ1) is 13.5. The Kier molecular flexibility index (Phi) is 3.96. The number of aryl methyl sites for hydroxylation is 1. The van der Waals surface area contributed by atoms with Gasteiger partial charge in [0, 0.05) is 15.8 Å². The summed E-state index contributed by atoms with van der Waals surface area (Å²) in [5.74, 6) is 0. The van der Waals surface area contributed by atoms with E-state index < -0.39 is 0 Å². The molecule has 0 saturated heterocycles. The van der Waals surface area contributed by atoms with Crippen LogP contribution in [0.15, 0.2) is 47.2 Å². The molecule has 2 nitrogen and oxygen atoms in total. The van der Waals surface area contributed by atoms with Crippen LogP contribution >= 0.6 is 22.7 Å². The van der Waals surface area contributed by atoms with E-state index in [0.717, 1.165) is 27.6 Å². The number of hydrogen-bond acceptors (Lipinski definition) is 4. The van der Waals surface area contributed by atoms with E-state index in [1.165, 1.54) is 5.56 Å². The molecule has 0 amide bonds. The van der Waals surface area contributed by atoms with Gasteiger partial charge in [0.2, 0.25) is 0 Å². The summed E-state index contributed by atoms with van der Waals surface area (Å²) in [5.41, 5.74) is 9.72. The van der Waals surface area contributed by atoms with Crippen LogP contribution in [0.25, 0.3) is 10.6 Å². The lowest BCUT2D eigenvalue weighted by molar-refractivity contribution is 0.859. The first-order valence-corrected chi connectivity index (χ1v) is 8.37. The summed E-state index contributed by atoms with van der Waals surface area (Å²) >= 11 is 3.33. The number of thiazole rings is 1. The van der Waals surface area contributed by atoms with Crippen molar-refractivity contribution in [2.24, 2.45) is 5.73 Å². The molecule has 102 valence electrons. The Morgan fingerprint density at radius 2 is 1.95 bits per heavy atom. The molecule has 1 atom stereocenters. The summed E-state index contributed by atoms with van der Waals surface area (Å²) in [6, 6.07) is 12.6. The monoisotopic (exact) mass is 300 g/mol. The van der Waals surface area contributed by atoms with Crippen molar-refractivity contribution in [3.05, 3.63) is 63.3 Å². The molecule has 3 aromatic rings. The van der Waals surface area contributed by atoms with Gasteiger partial charge >= 0.3 is 0 Å². The van der Waals surface area contributed by atoms with Crippen molar-refractivity contribution in [3.63, 3.8) is 0 Å². The minimum atomic E-state index is -0.116. The van der Waals surface area contributed by atoms with Gasteiger partial charge in [-0.2, -0.15) is 0 Å². The maximum absolute atomic E-state index is 6.25. The lowest BCUT2D eigenvalue weighted by Gasteiger charge is -2.05. The van der Waals surface area contributed by atoms with E-state index in [4.69, 9.17) is 10.7 Å². The Hall–Kier alpha value is -1.49. The van der Waals surface area contributed by atoms with Gasteiger partial charge in [-0.1, -0.05) is 37.3 Å². The van der Waals surface area contributed by atoms with Crippen LogP contribution in [0, 0.1) is 0 Å². The second-order valence-electron chi connectivity index (χ2n) is 4.62. The van der Waals surface area contributed by atoms with Crippen LogP contribution in [0.3, 0.4) is 0 Å². The maximum Gasteiger partial charge on any atom is 0.123 e. The third-order valence-electron chi connectivity index (χ3n) is 3.30. The van der Waals surface area contributed by atoms with Crippen molar-refractivity contribution < 1.29 is 0 Å². The predicted octanol–water partition coefficient (Wildman–Crippen LogP) is 4.48. The largest absolute Gasteiger partial charge is 0.318 e. The molecule has 20 heavy (non-hydrogen) atoms. The summed E-state index contributed by atoms with van der Waals surface area (Å²) in [6.07, 6.45) is 1.06. The number of aromatic nitrogens is 1. The van der Waals surface area contributed by atoms with Crippen LogP contribution in [-0.4, -0.2) is 4.98 Å². The number of thiophene rings is 1. The molecule has 0 aliphatic heterocycles. The third kappa shape index (κ3) is 2.68. The fourth-order valence-corrected chi connectivity index (χ4v) is 3.66. The van der Waals surface area contributed by atoms with Gasteiger partial charge in [-0.15, -0.1) is 22.7 Å². The van der Waals surface area contributed by atoms with Gasteiger partial charge in [-0.05, 0) is 23.4 Å². The normalized spacial score (nSPS) is 12.5. The highest BCUT2D eigenvalue weighted by Gasteiger charge is 2.14. The topological polar surface area (TPSA) is 38.9 Å². The standard InChI is InChI=1S/C16H16N2S2/c1-2-11-5-7-12(8-6-11)16-18-13(10-20-16)15(17)14-4-3-9-19-14/h3-10,15H,2,17H2,1H3. The van der Waals surface area contributed by atoms with E-state index in [0.29, 0.717) is 0 Å². The molecule has 0 aliphatic rings. The van der Waals surface area contributed by atoms with Gasteiger partial charge in [0.25, 0.3) is 0 Å². The van der Waals surface area contributed by atoms with E-state index in [-0.39, 0.29) is 6.04 Å². The summed E-state index contributed by atoms with van der Waals surface area (Å²) in [7, 11) is 0. The van der Waals surface area contributed by atoms with Crippen molar-refractivity contribution in [3.8, 4) is 10.6 Å². The summed E-state index contributed by atoms with van der Waals surface area (Å²) in [4.78, 5) is 5.85. The highest BCUT2D eigenvalue weighted by Crippen LogP contribution is 2.29. The second kappa shape index (κ2) is 5.87. The minimum Gasteiger partial charge on any atom is -0.318 e. The molecule has 0 bridgehead atoms. The highest BCUT2D eigenvalue weighted by molar-refractivity contribution is 7.13. The number of rotatable bonds is 4. The van der Waals surface area contributed by atoms with Crippen LogP contribution < -0.4 is 5.73 Å². The van der Waals surface area contributed by atoms with E-state index in [1.807, 2.05) is 11.4 Å². The Morgan fingerprint density at radius 3 is 2.60 bits per heavy atom. The molecule has 0 fully saturated rings. The quantitative estimate of drug-likeness (QED) is 0.771. The van der Waals surface area contributed by atoms with Gasteiger partial charge < -0.3 is 5.73 Å². The fraction of sp³-hybridized carbons (Fsp3) is 0.188. The summed E-state index contributed by atoms with van der Waals surface area (Å²) < 4.78 is 0.